The van der Waals surface area contributed by atoms with Crippen LogP contribution in [0.5, 0.6) is 0 Å². The molecule has 2 aromatic carbocycles. The number of nitrogens with zero attached hydrogens (tertiary/aromatic N) is 4. The lowest BCUT2D eigenvalue weighted by molar-refractivity contribution is 0.416. The molecule has 1 heterocycles. The molecule has 0 fully saturated rings. The second-order valence-corrected chi connectivity index (χ2v) is 7.14. The third kappa shape index (κ3) is 3.74. The van der Waals surface area contributed by atoms with Gasteiger partial charge in [-0.3, -0.25) is 9.36 Å². The molecule has 0 amide bonds. The number of hydrogen-bond acceptors (Lipinski definition) is 4. The third-order valence-electron chi connectivity index (χ3n) is 4.43. The number of fused-ring (bicyclic) bond motifs is 1. The predicted octanol–water partition coefficient (Wildman–Crippen LogP) is 3.35. The number of benzene rings is 2. The Morgan fingerprint density at radius 2 is 1.73 bits per heavy atom. The molecule has 6 heteroatoms. The smallest absolute Gasteiger partial charge is 0.265 e. The van der Waals surface area contributed by atoms with Gasteiger partial charge < -0.3 is 9.80 Å². The molecule has 3 rings (SSSR count). The van der Waals surface area contributed by atoms with Crippen molar-refractivity contribution < 1.29 is 0 Å². The fourth-order valence-electron chi connectivity index (χ4n) is 2.90. The maximum Gasteiger partial charge on any atom is 0.265 e. The zero-order valence-electron chi connectivity index (χ0n) is 15.5. The Hall–Kier alpha value is -2.37. The lowest BCUT2D eigenvalue weighted by Crippen LogP contribution is -2.28. The summed E-state index contributed by atoms with van der Waals surface area (Å²) in [5.74, 6) is 0.651. The first-order valence-electron chi connectivity index (χ1n) is 8.52. The predicted molar refractivity (Wildman–Crippen MR) is 109 cm³/mol. The van der Waals surface area contributed by atoms with Crippen molar-refractivity contribution in [2.45, 2.75) is 6.92 Å². The van der Waals surface area contributed by atoms with E-state index in [9.17, 15) is 4.79 Å². The van der Waals surface area contributed by atoms with Gasteiger partial charge in [-0.25, -0.2) is 4.98 Å². The second-order valence-electron chi connectivity index (χ2n) is 6.70. The van der Waals surface area contributed by atoms with E-state index in [1.54, 1.807) is 16.7 Å². The van der Waals surface area contributed by atoms with Crippen molar-refractivity contribution >= 4 is 28.2 Å². The van der Waals surface area contributed by atoms with E-state index >= 15 is 0 Å². The molecule has 0 unspecified atom stereocenters. The van der Waals surface area contributed by atoms with E-state index < -0.39 is 0 Å². The molecular formula is C20H23ClN4O. The van der Waals surface area contributed by atoms with Gasteiger partial charge in [0.15, 0.2) is 0 Å². The lowest BCUT2D eigenvalue weighted by Gasteiger charge is -2.22. The molecule has 1 aromatic heterocycles. The summed E-state index contributed by atoms with van der Waals surface area (Å²) in [5, 5.41) is 1.24. The number of likely N-dealkylation sites (N-methyl/N-ethyl adjacent to an activating group) is 2. The summed E-state index contributed by atoms with van der Waals surface area (Å²) >= 11 is 5.96. The molecule has 3 aromatic rings. The molecule has 0 spiro atoms. The Morgan fingerprint density at radius 3 is 2.38 bits per heavy atom. The van der Waals surface area contributed by atoms with Gasteiger partial charge >= 0.3 is 0 Å². The van der Waals surface area contributed by atoms with Crippen molar-refractivity contribution in [3.63, 3.8) is 0 Å². The van der Waals surface area contributed by atoms with Crippen LogP contribution in [0.25, 0.3) is 16.6 Å². The number of aryl methyl sites for hydroxylation is 1. The largest absolute Gasteiger partial charge is 0.373 e. The Balaban J connectivity index is 2.04. The molecule has 0 aliphatic rings. The van der Waals surface area contributed by atoms with Crippen LogP contribution in [-0.2, 0) is 0 Å². The highest BCUT2D eigenvalue weighted by molar-refractivity contribution is 6.30. The molecule has 0 saturated carbocycles. The molecule has 136 valence electrons. The molecule has 5 nitrogen and oxygen atoms in total. The molecule has 0 atom stereocenters. The second kappa shape index (κ2) is 7.48. The van der Waals surface area contributed by atoms with Crippen molar-refractivity contribution in [3.8, 4) is 5.69 Å². The topological polar surface area (TPSA) is 41.4 Å². The van der Waals surface area contributed by atoms with Gasteiger partial charge in [-0.1, -0.05) is 11.6 Å². The normalized spacial score (nSPS) is 11.3. The van der Waals surface area contributed by atoms with Crippen LogP contribution in [-0.4, -0.2) is 48.7 Å². The van der Waals surface area contributed by atoms with Crippen LogP contribution in [0.4, 0.5) is 5.69 Å². The molecule has 0 N–H and O–H groups in total. The summed E-state index contributed by atoms with van der Waals surface area (Å²) in [7, 11) is 6.16. The average molecular weight is 371 g/mol. The minimum atomic E-state index is -0.0719. The van der Waals surface area contributed by atoms with E-state index in [4.69, 9.17) is 11.6 Å². The van der Waals surface area contributed by atoms with E-state index in [1.165, 1.54) is 0 Å². The summed E-state index contributed by atoms with van der Waals surface area (Å²) in [6, 6.07) is 13.0. The van der Waals surface area contributed by atoms with Crippen LogP contribution in [0, 0.1) is 6.92 Å². The van der Waals surface area contributed by atoms with E-state index in [2.05, 4.69) is 28.9 Å². The van der Waals surface area contributed by atoms with Crippen molar-refractivity contribution in [2.24, 2.45) is 0 Å². The standard InChI is InChI=1S/C20H23ClN4O/c1-14-22-19-13-17(24(4)12-11-23(2)3)9-10-18(19)20(26)25(14)16-7-5-15(21)6-8-16/h5-10,13H,11-12H2,1-4H3. The molecule has 0 bridgehead atoms. The zero-order chi connectivity index (χ0) is 18.8. The number of hydrogen-bond donors (Lipinski definition) is 0. The number of halogens is 1. The zero-order valence-corrected chi connectivity index (χ0v) is 16.3. The highest BCUT2D eigenvalue weighted by Gasteiger charge is 2.11. The van der Waals surface area contributed by atoms with Crippen LogP contribution in [0.2, 0.25) is 5.02 Å². The SMILES string of the molecule is Cc1nc2cc(N(C)CCN(C)C)ccc2c(=O)n1-c1ccc(Cl)cc1. The van der Waals surface area contributed by atoms with Gasteiger partial charge in [0.1, 0.15) is 5.82 Å². The number of rotatable bonds is 5. The van der Waals surface area contributed by atoms with E-state index in [1.807, 2.05) is 44.3 Å². The van der Waals surface area contributed by atoms with Crippen LogP contribution < -0.4 is 10.5 Å². The Labute approximate surface area is 158 Å². The summed E-state index contributed by atoms with van der Waals surface area (Å²) in [4.78, 5) is 22.0. The van der Waals surface area contributed by atoms with E-state index in [0.717, 1.165) is 24.5 Å². The molecule has 0 radical (unpaired) electrons. The first-order chi connectivity index (χ1) is 12.4. The Morgan fingerprint density at radius 1 is 1.04 bits per heavy atom. The van der Waals surface area contributed by atoms with Gasteiger partial charge in [0.05, 0.1) is 16.6 Å². The molecule has 0 aliphatic carbocycles. The fraction of sp³-hybridized carbons (Fsp3) is 0.300. The number of aromatic nitrogens is 2. The van der Waals surface area contributed by atoms with Gasteiger partial charge in [-0.05, 0) is 63.5 Å². The number of anilines is 1. The summed E-state index contributed by atoms with van der Waals surface area (Å²) in [6.07, 6.45) is 0. The van der Waals surface area contributed by atoms with Crippen LogP contribution in [0.15, 0.2) is 47.3 Å². The van der Waals surface area contributed by atoms with Crippen LogP contribution in [0.3, 0.4) is 0 Å². The Kier molecular flexibility index (Phi) is 5.30. The van der Waals surface area contributed by atoms with Crippen LogP contribution >= 0.6 is 11.6 Å². The van der Waals surface area contributed by atoms with Crippen LogP contribution in [0.1, 0.15) is 5.82 Å². The van der Waals surface area contributed by atoms with Gasteiger partial charge in [-0.2, -0.15) is 0 Å². The third-order valence-corrected chi connectivity index (χ3v) is 4.68. The maximum atomic E-state index is 13.0. The first kappa shape index (κ1) is 18.4. The summed E-state index contributed by atoms with van der Waals surface area (Å²) in [6.45, 7) is 3.70. The van der Waals surface area contributed by atoms with E-state index in [0.29, 0.717) is 21.7 Å². The highest BCUT2D eigenvalue weighted by atomic mass is 35.5. The van der Waals surface area contributed by atoms with Crippen molar-refractivity contribution in [1.82, 2.24) is 14.5 Å². The van der Waals surface area contributed by atoms with Gasteiger partial charge in [0.2, 0.25) is 0 Å². The molecular weight excluding hydrogens is 348 g/mol. The minimum Gasteiger partial charge on any atom is -0.373 e. The Bertz CT molecular complexity index is 980. The summed E-state index contributed by atoms with van der Waals surface area (Å²) < 4.78 is 1.62. The molecule has 0 aliphatic heterocycles. The maximum absolute atomic E-state index is 13.0. The molecule has 26 heavy (non-hydrogen) atoms. The van der Waals surface area contributed by atoms with E-state index in [-0.39, 0.29) is 5.56 Å². The van der Waals surface area contributed by atoms with Gasteiger partial charge in [0.25, 0.3) is 5.56 Å². The van der Waals surface area contributed by atoms with Crippen molar-refractivity contribution in [1.29, 1.82) is 0 Å². The minimum absolute atomic E-state index is 0.0719. The van der Waals surface area contributed by atoms with Crippen molar-refractivity contribution in [2.75, 3.05) is 39.1 Å². The fourth-order valence-corrected chi connectivity index (χ4v) is 3.02. The van der Waals surface area contributed by atoms with Gasteiger partial charge in [-0.15, -0.1) is 0 Å². The first-order valence-corrected chi connectivity index (χ1v) is 8.90. The highest BCUT2D eigenvalue weighted by Crippen LogP contribution is 2.20. The summed E-state index contributed by atoms with van der Waals surface area (Å²) in [5.41, 5.74) is 2.46. The van der Waals surface area contributed by atoms with Gasteiger partial charge in [0, 0.05) is 30.8 Å². The quantitative estimate of drug-likeness (QED) is 0.690. The monoisotopic (exact) mass is 370 g/mol. The average Bonchev–Trinajstić information content (AvgIpc) is 2.60. The molecule has 0 saturated heterocycles. The lowest BCUT2D eigenvalue weighted by atomic mass is 10.2. The van der Waals surface area contributed by atoms with Crippen molar-refractivity contribution in [3.05, 3.63) is 63.7 Å².